The van der Waals surface area contributed by atoms with Crippen molar-refractivity contribution in [2.75, 3.05) is 13.1 Å². The molecule has 1 aromatic carbocycles. The van der Waals surface area contributed by atoms with Crippen molar-refractivity contribution in [2.45, 2.75) is 19.4 Å². The third-order valence-electron chi connectivity index (χ3n) is 2.39. The first kappa shape index (κ1) is 13.2. The number of nitrogens with zero attached hydrogens (tertiary/aromatic N) is 1. The van der Waals surface area contributed by atoms with Gasteiger partial charge in [0.2, 0.25) is 5.91 Å². The Hall–Kier alpha value is -1.86. The van der Waals surface area contributed by atoms with Crippen LogP contribution < -0.4 is 10.6 Å². The molecule has 1 unspecified atom stereocenters. The van der Waals surface area contributed by atoms with Gasteiger partial charge >= 0.3 is 0 Å². The second-order valence-electron chi connectivity index (χ2n) is 3.76. The lowest BCUT2D eigenvalue weighted by atomic mass is 10.0. The first-order valence-corrected chi connectivity index (χ1v) is 5.63. The molecule has 0 fully saturated rings. The minimum atomic E-state index is -0.0386. The number of carbonyl (C=O) groups is 1. The van der Waals surface area contributed by atoms with Gasteiger partial charge < -0.3 is 10.6 Å². The van der Waals surface area contributed by atoms with Gasteiger partial charge in [0.25, 0.3) is 0 Å². The summed E-state index contributed by atoms with van der Waals surface area (Å²) in [6.45, 7) is 2.72. The van der Waals surface area contributed by atoms with Crippen molar-refractivity contribution < 1.29 is 4.79 Å². The van der Waals surface area contributed by atoms with Crippen molar-refractivity contribution in [1.29, 1.82) is 5.26 Å². The van der Waals surface area contributed by atoms with Gasteiger partial charge in [-0.15, -0.1) is 0 Å². The molecule has 2 N–H and O–H groups in total. The molecule has 90 valence electrons. The van der Waals surface area contributed by atoms with E-state index in [1.165, 1.54) is 6.92 Å². The Morgan fingerprint density at radius 3 is 2.65 bits per heavy atom. The van der Waals surface area contributed by atoms with Crippen molar-refractivity contribution in [2.24, 2.45) is 0 Å². The van der Waals surface area contributed by atoms with Gasteiger partial charge in [-0.05, 0) is 5.56 Å². The molecule has 1 amide bonds. The van der Waals surface area contributed by atoms with E-state index in [1.807, 2.05) is 30.3 Å². The van der Waals surface area contributed by atoms with Crippen LogP contribution in [0.1, 0.15) is 24.9 Å². The lowest BCUT2D eigenvalue weighted by Gasteiger charge is -2.16. The Kier molecular flexibility index (Phi) is 5.76. The number of hydrogen-bond donors (Lipinski definition) is 2. The molecular formula is C13H17N3O. The minimum absolute atomic E-state index is 0.0231. The predicted molar refractivity (Wildman–Crippen MR) is 66.1 cm³/mol. The van der Waals surface area contributed by atoms with Crippen LogP contribution in [0.4, 0.5) is 0 Å². The molecule has 0 saturated heterocycles. The maximum absolute atomic E-state index is 10.7. The van der Waals surface area contributed by atoms with Crippen LogP contribution in [-0.2, 0) is 4.79 Å². The standard InChI is InChI=1S/C13H17N3O/c1-11(17)15-9-10-16-13(7-8-14)12-5-3-2-4-6-12/h2-6,13,16H,7,9-10H2,1H3,(H,15,17). The van der Waals surface area contributed by atoms with Crippen molar-refractivity contribution in [1.82, 2.24) is 10.6 Å². The van der Waals surface area contributed by atoms with Crippen LogP contribution in [0, 0.1) is 11.3 Å². The quantitative estimate of drug-likeness (QED) is 0.727. The molecule has 0 spiro atoms. The molecule has 0 saturated carbocycles. The van der Waals surface area contributed by atoms with E-state index in [1.54, 1.807) is 0 Å². The number of nitriles is 1. The fraction of sp³-hybridized carbons (Fsp3) is 0.385. The zero-order valence-corrected chi connectivity index (χ0v) is 9.94. The second-order valence-corrected chi connectivity index (χ2v) is 3.76. The number of carbonyl (C=O) groups excluding carboxylic acids is 1. The van der Waals surface area contributed by atoms with E-state index in [9.17, 15) is 4.79 Å². The van der Waals surface area contributed by atoms with Crippen molar-refractivity contribution in [3.63, 3.8) is 0 Å². The fourth-order valence-corrected chi connectivity index (χ4v) is 1.57. The van der Waals surface area contributed by atoms with Gasteiger partial charge in [-0.3, -0.25) is 4.79 Å². The van der Waals surface area contributed by atoms with Gasteiger partial charge in [0.05, 0.1) is 12.5 Å². The van der Waals surface area contributed by atoms with E-state index in [-0.39, 0.29) is 11.9 Å². The lowest BCUT2D eigenvalue weighted by Crippen LogP contribution is -2.32. The fourth-order valence-electron chi connectivity index (χ4n) is 1.57. The molecule has 1 aromatic rings. The number of amides is 1. The van der Waals surface area contributed by atoms with E-state index in [2.05, 4.69) is 16.7 Å². The molecule has 17 heavy (non-hydrogen) atoms. The van der Waals surface area contributed by atoms with Crippen molar-refractivity contribution in [3.05, 3.63) is 35.9 Å². The van der Waals surface area contributed by atoms with E-state index in [4.69, 9.17) is 5.26 Å². The highest BCUT2D eigenvalue weighted by molar-refractivity contribution is 5.72. The summed E-state index contributed by atoms with van der Waals surface area (Å²) >= 11 is 0. The van der Waals surface area contributed by atoms with Gasteiger partial charge in [-0.25, -0.2) is 0 Å². The van der Waals surface area contributed by atoms with E-state index in [0.29, 0.717) is 19.5 Å². The van der Waals surface area contributed by atoms with Crippen LogP contribution in [0.25, 0.3) is 0 Å². The summed E-state index contributed by atoms with van der Waals surface area (Å²) in [5.74, 6) is -0.0386. The zero-order valence-electron chi connectivity index (χ0n) is 9.94. The molecule has 0 aliphatic heterocycles. The molecule has 4 nitrogen and oxygen atoms in total. The van der Waals surface area contributed by atoms with Crippen LogP contribution in [0.2, 0.25) is 0 Å². The van der Waals surface area contributed by atoms with Crippen molar-refractivity contribution in [3.8, 4) is 6.07 Å². The van der Waals surface area contributed by atoms with Crippen LogP contribution in [0.3, 0.4) is 0 Å². The Morgan fingerprint density at radius 1 is 1.35 bits per heavy atom. The van der Waals surface area contributed by atoms with Gasteiger partial charge in [0.1, 0.15) is 0 Å². The molecule has 4 heteroatoms. The smallest absolute Gasteiger partial charge is 0.216 e. The van der Waals surface area contributed by atoms with Crippen molar-refractivity contribution >= 4 is 5.91 Å². The highest BCUT2D eigenvalue weighted by Crippen LogP contribution is 2.15. The lowest BCUT2D eigenvalue weighted by molar-refractivity contribution is -0.118. The maximum Gasteiger partial charge on any atom is 0.216 e. The van der Waals surface area contributed by atoms with Gasteiger partial charge in [-0.1, -0.05) is 30.3 Å². The highest BCUT2D eigenvalue weighted by atomic mass is 16.1. The Labute approximate surface area is 102 Å². The molecule has 0 heterocycles. The van der Waals surface area contributed by atoms with Crippen LogP contribution in [0.5, 0.6) is 0 Å². The third-order valence-corrected chi connectivity index (χ3v) is 2.39. The maximum atomic E-state index is 10.7. The minimum Gasteiger partial charge on any atom is -0.355 e. The Bertz CT molecular complexity index is 383. The molecular weight excluding hydrogens is 214 g/mol. The highest BCUT2D eigenvalue weighted by Gasteiger charge is 2.09. The summed E-state index contributed by atoms with van der Waals surface area (Å²) in [5, 5.41) is 14.7. The summed E-state index contributed by atoms with van der Waals surface area (Å²) in [6, 6.07) is 12.0. The molecule has 0 bridgehead atoms. The molecule has 0 radical (unpaired) electrons. The Morgan fingerprint density at radius 2 is 2.06 bits per heavy atom. The summed E-state index contributed by atoms with van der Waals surface area (Å²) in [7, 11) is 0. The summed E-state index contributed by atoms with van der Waals surface area (Å²) in [5.41, 5.74) is 1.09. The average molecular weight is 231 g/mol. The van der Waals surface area contributed by atoms with Crippen LogP contribution in [-0.4, -0.2) is 19.0 Å². The zero-order chi connectivity index (χ0) is 12.5. The topological polar surface area (TPSA) is 64.9 Å². The largest absolute Gasteiger partial charge is 0.355 e. The SMILES string of the molecule is CC(=O)NCCNC(CC#N)c1ccccc1. The number of benzene rings is 1. The van der Waals surface area contributed by atoms with E-state index >= 15 is 0 Å². The second kappa shape index (κ2) is 7.42. The number of hydrogen-bond acceptors (Lipinski definition) is 3. The molecule has 0 aliphatic rings. The molecule has 0 aliphatic carbocycles. The average Bonchev–Trinajstić information content (AvgIpc) is 2.34. The first-order valence-electron chi connectivity index (χ1n) is 5.63. The normalized spacial score (nSPS) is 11.5. The molecule has 1 atom stereocenters. The van der Waals surface area contributed by atoms with Gasteiger partial charge in [0.15, 0.2) is 0 Å². The summed E-state index contributed by atoms with van der Waals surface area (Å²) in [6.07, 6.45) is 0.421. The van der Waals surface area contributed by atoms with Crippen LogP contribution in [0.15, 0.2) is 30.3 Å². The summed E-state index contributed by atoms with van der Waals surface area (Å²) < 4.78 is 0. The first-order chi connectivity index (χ1) is 8.24. The number of rotatable bonds is 6. The monoisotopic (exact) mass is 231 g/mol. The Balaban J connectivity index is 2.45. The van der Waals surface area contributed by atoms with E-state index in [0.717, 1.165) is 5.56 Å². The summed E-state index contributed by atoms with van der Waals surface area (Å²) in [4.78, 5) is 10.7. The van der Waals surface area contributed by atoms with Gasteiger partial charge in [-0.2, -0.15) is 5.26 Å². The molecule has 0 aromatic heterocycles. The van der Waals surface area contributed by atoms with E-state index < -0.39 is 0 Å². The predicted octanol–water partition coefficient (Wildman–Crippen LogP) is 1.37. The third kappa shape index (κ3) is 5.14. The number of nitrogens with one attached hydrogen (secondary N) is 2. The molecule has 1 rings (SSSR count). The van der Waals surface area contributed by atoms with Crippen LogP contribution >= 0.6 is 0 Å². The van der Waals surface area contributed by atoms with Gasteiger partial charge in [0, 0.05) is 26.1 Å².